The van der Waals surface area contributed by atoms with Crippen LogP contribution in [0.4, 0.5) is 0 Å². The number of hydrogen-bond donors (Lipinski definition) is 1. The van der Waals surface area contributed by atoms with Gasteiger partial charge in [-0.1, -0.05) is 6.07 Å². The molecule has 1 aromatic rings. The van der Waals surface area contributed by atoms with Gasteiger partial charge in [-0.25, -0.2) is 0 Å². The molecule has 0 radical (unpaired) electrons. The third-order valence-corrected chi connectivity index (χ3v) is 3.11. The standard InChI is InChI=1S/C14H21NO3/c1-11(2)15(5-6-16)10-12-3-4-13-14(9-12)18-8-7-17-13/h3-4,9,11,16H,5-8,10H2,1-2H3. The molecule has 1 N–H and O–H groups in total. The van der Waals surface area contributed by atoms with Crippen molar-refractivity contribution in [3.05, 3.63) is 23.8 Å². The van der Waals surface area contributed by atoms with Crippen molar-refractivity contribution in [2.45, 2.75) is 26.4 Å². The predicted octanol–water partition coefficient (Wildman–Crippen LogP) is 1.66. The van der Waals surface area contributed by atoms with Crippen molar-refractivity contribution in [1.82, 2.24) is 4.90 Å². The second kappa shape index (κ2) is 6.07. The minimum Gasteiger partial charge on any atom is -0.486 e. The number of aliphatic hydroxyl groups excluding tert-OH is 1. The summed E-state index contributed by atoms with van der Waals surface area (Å²) in [5, 5.41) is 9.07. The third-order valence-electron chi connectivity index (χ3n) is 3.11. The van der Waals surface area contributed by atoms with Crippen molar-refractivity contribution in [2.75, 3.05) is 26.4 Å². The Hall–Kier alpha value is -1.26. The predicted molar refractivity (Wildman–Crippen MR) is 70.1 cm³/mol. The number of hydrogen-bond acceptors (Lipinski definition) is 4. The van der Waals surface area contributed by atoms with Gasteiger partial charge >= 0.3 is 0 Å². The molecule has 0 aliphatic carbocycles. The number of aliphatic hydroxyl groups is 1. The molecule has 1 aliphatic heterocycles. The fourth-order valence-corrected chi connectivity index (χ4v) is 2.07. The van der Waals surface area contributed by atoms with Crippen LogP contribution < -0.4 is 9.47 Å². The largest absolute Gasteiger partial charge is 0.486 e. The molecule has 0 spiro atoms. The van der Waals surface area contributed by atoms with Crippen LogP contribution >= 0.6 is 0 Å². The number of nitrogens with zero attached hydrogens (tertiary/aromatic N) is 1. The smallest absolute Gasteiger partial charge is 0.161 e. The minimum absolute atomic E-state index is 0.183. The molecule has 0 atom stereocenters. The summed E-state index contributed by atoms with van der Waals surface area (Å²) in [4.78, 5) is 2.23. The first-order chi connectivity index (χ1) is 8.70. The van der Waals surface area contributed by atoms with E-state index in [1.807, 2.05) is 12.1 Å². The van der Waals surface area contributed by atoms with Crippen LogP contribution in [-0.4, -0.2) is 42.4 Å². The zero-order valence-electron chi connectivity index (χ0n) is 11.1. The molecule has 0 bridgehead atoms. The van der Waals surface area contributed by atoms with E-state index in [2.05, 4.69) is 24.8 Å². The van der Waals surface area contributed by atoms with Crippen LogP contribution in [0.3, 0.4) is 0 Å². The maximum Gasteiger partial charge on any atom is 0.161 e. The lowest BCUT2D eigenvalue weighted by molar-refractivity contribution is 0.157. The summed E-state index contributed by atoms with van der Waals surface area (Å²) in [6, 6.07) is 6.45. The maximum atomic E-state index is 9.07. The number of fused-ring (bicyclic) bond motifs is 1. The Morgan fingerprint density at radius 3 is 2.61 bits per heavy atom. The van der Waals surface area contributed by atoms with E-state index in [9.17, 15) is 0 Å². The number of benzene rings is 1. The van der Waals surface area contributed by atoms with E-state index in [4.69, 9.17) is 14.6 Å². The Bertz CT molecular complexity index is 393. The molecule has 4 heteroatoms. The number of rotatable bonds is 5. The molecule has 2 rings (SSSR count). The quantitative estimate of drug-likeness (QED) is 0.864. The molecule has 18 heavy (non-hydrogen) atoms. The lowest BCUT2D eigenvalue weighted by Crippen LogP contribution is -2.32. The Balaban J connectivity index is 2.08. The molecule has 1 aromatic carbocycles. The summed E-state index contributed by atoms with van der Waals surface area (Å²) in [6.07, 6.45) is 0. The van der Waals surface area contributed by atoms with E-state index in [-0.39, 0.29) is 6.61 Å². The average Bonchev–Trinajstić information content (AvgIpc) is 2.38. The van der Waals surface area contributed by atoms with Gasteiger partial charge in [0.2, 0.25) is 0 Å². The highest BCUT2D eigenvalue weighted by molar-refractivity contribution is 5.43. The van der Waals surface area contributed by atoms with Crippen molar-refractivity contribution in [3.63, 3.8) is 0 Å². The van der Waals surface area contributed by atoms with E-state index < -0.39 is 0 Å². The Morgan fingerprint density at radius 1 is 1.22 bits per heavy atom. The first kappa shape index (κ1) is 13.2. The molecular weight excluding hydrogens is 230 g/mol. The van der Waals surface area contributed by atoms with Crippen molar-refractivity contribution < 1.29 is 14.6 Å². The molecule has 100 valence electrons. The van der Waals surface area contributed by atoms with Gasteiger partial charge in [0.1, 0.15) is 13.2 Å². The van der Waals surface area contributed by atoms with Gasteiger partial charge in [-0.05, 0) is 31.5 Å². The maximum absolute atomic E-state index is 9.07. The van der Waals surface area contributed by atoms with Crippen molar-refractivity contribution in [1.29, 1.82) is 0 Å². The van der Waals surface area contributed by atoms with Gasteiger partial charge in [0.05, 0.1) is 6.61 Å². The molecule has 0 amide bonds. The van der Waals surface area contributed by atoms with Gasteiger partial charge in [0.25, 0.3) is 0 Å². The molecular formula is C14H21NO3. The highest BCUT2D eigenvalue weighted by atomic mass is 16.6. The van der Waals surface area contributed by atoms with Crippen LogP contribution in [-0.2, 0) is 6.54 Å². The Kier molecular flexibility index (Phi) is 4.44. The molecule has 0 aromatic heterocycles. The van der Waals surface area contributed by atoms with Crippen LogP contribution in [0.5, 0.6) is 11.5 Å². The fourth-order valence-electron chi connectivity index (χ4n) is 2.07. The van der Waals surface area contributed by atoms with E-state index in [1.54, 1.807) is 0 Å². The molecule has 1 aliphatic rings. The van der Waals surface area contributed by atoms with E-state index in [0.29, 0.717) is 25.8 Å². The van der Waals surface area contributed by atoms with Gasteiger partial charge < -0.3 is 14.6 Å². The first-order valence-corrected chi connectivity index (χ1v) is 6.44. The van der Waals surface area contributed by atoms with Crippen LogP contribution in [0.25, 0.3) is 0 Å². The molecule has 0 fully saturated rings. The summed E-state index contributed by atoms with van der Waals surface area (Å²) in [7, 11) is 0. The topological polar surface area (TPSA) is 41.9 Å². The highest BCUT2D eigenvalue weighted by Crippen LogP contribution is 2.31. The summed E-state index contributed by atoms with van der Waals surface area (Å²) >= 11 is 0. The second-order valence-electron chi connectivity index (χ2n) is 4.77. The van der Waals surface area contributed by atoms with Crippen molar-refractivity contribution in [3.8, 4) is 11.5 Å². The molecule has 4 nitrogen and oxygen atoms in total. The fraction of sp³-hybridized carbons (Fsp3) is 0.571. The Labute approximate surface area is 108 Å². The summed E-state index contributed by atoms with van der Waals surface area (Å²) in [5.41, 5.74) is 1.18. The zero-order chi connectivity index (χ0) is 13.0. The van der Waals surface area contributed by atoms with Crippen molar-refractivity contribution in [2.24, 2.45) is 0 Å². The van der Waals surface area contributed by atoms with Crippen molar-refractivity contribution >= 4 is 0 Å². The van der Waals surface area contributed by atoms with E-state index in [1.165, 1.54) is 5.56 Å². The summed E-state index contributed by atoms with van der Waals surface area (Å²) in [5.74, 6) is 1.65. The molecule has 1 heterocycles. The summed E-state index contributed by atoms with van der Waals surface area (Å²) < 4.78 is 11.1. The minimum atomic E-state index is 0.183. The van der Waals surface area contributed by atoms with Gasteiger partial charge in [-0.3, -0.25) is 4.90 Å². The normalized spacial score (nSPS) is 14.3. The lowest BCUT2D eigenvalue weighted by atomic mass is 10.1. The van der Waals surface area contributed by atoms with Crippen LogP contribution in [0.15, 0.2) is 18.2 Å². The highest BCUT2D eigenvalue weighted by Gasteiger charge is 2.14. The Morgan fingerprint density at radius 2 is 1.94 bits per heavy atom. The van der Waals surface area contributed by atoms with Gasteiger partial charge in [-0.2, -0.15) is 0 Å². The summed E-state index contributed by atoms with van der Waals surface area (Å²) in [6.45, 7) is 7.18. The third kappa shape index (κ3) is 3.15. The SMILES string of the molecule is CC(C)N(CCO)Cc1ccc2c(c1)OCCO2. The van der Waals surface area contributed by atoms with Crippen LogP contribution in [0, 0.1) is 0 Å². The molecule has 0 saturated heterocycles. The van der Waals surface area contributed by atoms with Gasteiger partial charge in [0, 0.05) is 19.1 Å². The number of ether oxygens (including phenoxy) is 2. The first-order valence-electron chi connectivity index (χ1n) is 6.44. The molecule has 0 unspecified atom stereocenters. The van der Waals surface area contributed by atoms with Gasteiger partial charge in [-0.15, -0.1) is 0 Å². The monoisotopic (exact) mass is 251 g/mol. The average molecular weight is 251 g/mol. The zero-order valence-corrected chi connectivity index (χ0v) is 11.1. The lowest BCUT2D eigenvalue weighted by Gasteiger charge is -2.26. The van der Waals surface area contributed by atoms with Crippen LogP contribution in [0.1, 0.15) is 19.4 Å². The molecule has 0 saturated carbocycles. The van der Waals surface area contributed by atoms with E-state index >= 15 is 0 Å². The second-order valence-corrected chi connectivity index (χ2v) is 4.77. The van der Waals surface area contributed by atoms with Gasteiger partial charge in [0.15, 0.2) is 11.5 Å². The van der Waals surface area contributed by atoms with Crippen LogP contribution in [0.2, 0.25) is 0 Å². The van der Waals surface area contributed by atoms with E-state index in [0.717, 1.165) is 18.0 Å².